The van der Waals surface area contributed by atoms with E-state index in [4.69, 9.17) is 0 Å². The molecular formula is C25H29N3. The van der Waals surface area contributed by atoms with Crippen molar-refractivity contribution >= 4 is 16.5 Å². The summed E-state index contributed by atoms with van der Waals surface area (Å²) in [6.45, 7) is 4.35. The molecule has 2 aromatic carbocycles. The van der Waals surface area contributed by atoms with Crippen molar-refractivity contribution in [3.05, 3.63) is 77.0 Å². The van der Waals surface area contributed by atoms with Crippen molar-refractivity contribution in [3.8, 4) is 0 Å². The molecular weight excluding hydrogens is 342 g/mol. The summed E-state index contributed by atoms with van der Waals surface area (Å²) in [6.07, 6.45) is 7.13. The Balaban J connectivity index is 1.47. The van der Waals surface area contributed by atoms with Gasteiger partial charge in [0.2, 0.25) is 0 Å². The summed E-state index contributed by atoms with van der Waals surface area (Å²) in [5.41, 5.74) is 8.35. The zero-order valence-electron chi connectivity index (χ0n) is 16.6. The van der Waals surface area contributed by atoms with Crippen LogP contribution in [0, 0.1) is 0 Å². The van der Waals surface area contributed by atoms with E-state index in [1.807, 2.05) is 0 Å². The number of benzene rings is 2. The number of rotatable bonds is 4. The monoisotopic (exact) mass is 371 g/mol. The second-order valence-corrected chi connectivity index (χ2v) is 8.22. The Labute approximate surface area is 167 Å². The Morgan fingerprint density at radius 2 is 2.00 bits per heavy atom. The molecule has 0 saturated heterocycles. The molecule has 1 aromatic heterocycles. The topological polar surface area (TPSA) is 39.9 Å². The third kappa shape index (κ3) is 3.30. The normalized spacial score (nSPS) is 20.6. The number of hydrogen-bond donors (Lipinski definition) is 3. The number of aromatic amines is 1. The summed E-state index contributed by atoms with van der Waals surface area (Å²) in [4.78, 5) is 3.76. The Morgan fingerprint density at radius 3 is 2.82 bits per heavy atom. The number of nitrogens with one attached hydrogen (secondary N) is 3. The lowest BCUT2D eigenvalue weighted by Crippen LogP contribution is -2.27. The molecule has 28 heavy (non-hydrogen) atoms. The van der Waals surface area contributed by atoms with E-state index in [1.165, 1.54) is 58.1 Å². The fraction of sp³-hybridized carbons (Fsp3) is 0.360. The van der Waals surface area contributed by atoms with Crippen LogP contribution in [0.5, 0.6) is 0 Å². The van der Waals surface area contributed by atoms with Crippen molar-refractivity contribution in [1.29, 1.82) is 0 Å². The molecule has 3 heteroatoms. The fourth-order valence-corrected chi connectivity index (χ4v) is 4.83. The van der Waals surface area contributed by atoms with Gasteiger partial charge in [0.1, 0.15) is 0 Å². The fourth-order valence-electron chi connectivity index (χ4n) is 4.83. The predicted molar refractivity (Wildman–Crippen MR) is 117 cm³/mol. The Bertz CT molecular complexity index is 999. The number of H-pyrrole nitrogens is 1. The summed E-state index contributed by atoms with van der Waals surface area (Å²) in [6, 6.07) is 18.5. The van der Waals surface area contributed by atoms with Gasteiger partial charge in [-0.2, -0.15) is 0 Å². The van der Waals surface area contributed by atoms with E-state index in [0.717, 1.165) is 19.5 Å². The first kappa shape index (κ1) is 17.7. The molecule has 5 rings (SSSR count). The van der Waals surface area contributed by atoms with Crippen LogP contribution in [0.2, 0.25) is 0 Å². The maximum Gasteiger partial charge on any atom is 0.0480 e. The van der Waals surface area contributed by atoms with Gasteiger partial charge in [0.05, 0.1) is 0 Å². The molecule has 0 spiro atoms. The van der Waals surface area contributed by atoms with Crippen molar-refractivity contribution in [1.82, 2.24) is 15.6 Å². The van der Waals surface area contributed by atoms with Gasteiger partial charge >= 0.3 is 0 Å². The first-order valence-corrected chi connectivity index (χ1v) is 10.7. The van der Waals surface area contributed by atoms with Gasteiger partial charge in [0, 0.05) is 35.2 Å². The average molecular weight is 372 g/mol. The standard InChI is InChI=1S/C25H29N3/c1-17(18-7-3-2-4-8-18)27-24-11-5-10-21-22-15-19(20-9-6-14-26-16-20)12-13-23(22)28-25(21)24/h2-4,7-9,12-13,15,17,24,26-28H,5-6,10-11,14,16H2,1H3. The summed E-state index contributed by atoms with van der Waals surface area (Å²) in [7, 11) is 0. The minimum Gasteiger partial charge on any atom is -0.357 e. The van der Waals surface area contributed by atoms with E-state index < -0.39 is 0 Å². The van der Waals surface area contributed by atoms with Gasteiger partial charge in [-0.1, -0.05) is 42.5 Å². The second kappa shape index (κ2) is 7.57. The second-order valence-electron chi connectivity index (χ2n) is 8.22. The van der Waals surface area contributed by atoms with Crippen LogP contribution in [0.4, 0.5) is 0 Å². The van der Waals surface area contributed by atoms with Crippen LogP contribution >= 0.6 is 0 Å². The van der Waals surface area contributed by atoms with Crippen LogP contribution in [0.1, 0.15) is 60.7 Å². The van der Waals surface area contributed by atoms with Crippen molar-refractivity contribution in [2.45, 2.75) is 44.7 Å². The molecule has 0 radical (unpaired) electrons. The smallest absolute Gasteiger partial charge is 0.0480 e. The molecule has 0 fully saturated rings. The van der Waals surface area contributed by atoms with Crippen molar-refractivity contribution in [2.75, 3.05) is 13.1 Å². The summed E-state index contributed by atoms with van der Waals surface area (Å²) in [5.74, 6) is 0. The highest BCUT2D eigenvalue weighted by molar-refractivity contribution is 5.89. The third-order valence-electron chi connectivity index (χ3n) is 6.36. The molecule has 0 bridgehead atoms. The third-order valence-corrected chi connectivity index (χ3v) is 6.36. The first-order valence-electron chi connectivity index (χ1n) is 10.7. The highest BCUT2D eigenvalue weighted by Gasteiger charge is 2.25. The number of fused-ring (bicyclic) bond motifs is 3. The largest absolute Gasteiger partial charge is 0.357 e. The van der Waals surface area contributed by atoms with E-state index in [0.29, 0.717) is 12.1 Å². The molecule has 3 aromatic rings. The molecule has 2 aliphatic rings. The van der Waals surface area contributed by atoms with Gasteiger partial charge in [-0.05, 0) is 73.5 Å². The van der Waals surface area contributed by atoms with Crippen LogP contribution in [-0.2, 0) is 6.42 Å². The first-order chi connectivity index (χ1) is 13.8. The van der Waals surface area contributed by atoms with Gasteiger partial charge < -0.3 is 15.6 Å². The number of hydrogen-bond acceptors (Lipinski definition) is 2. The Kier molecular flexibility index (Phi) is 4.79. The lowest BCUT2D eigenvalue weighted by molar-refractivity contribution is 0.410. The zero-order chi connectivity index (χ0) is 18.9. The maximum atomic E-state index is 3.88. The minimum atomic E-state index is 0.345. The van der Waals surface area contributed by atoms with Crippen molar-refractivity contribution in [3.63, 3.8) is 0 Å². The molecule has 144 valence electrons. The molecule has 1 aliphatic carbocycles. The van der Waals surface area contributed by atoms with E-state index in [1.54, 1.807) is 0 Å². The maximum absolute atomic E-state index is 3.88. The lowest BCUT2D eigenvalue weighted by Gasteiger charge is -2.27. The average Bonchev–Trinajstić information content (AvgIpc) is 3.14. The number of aryl methyl sites for hydroxylation is 1. The Hall–Kier alpha value is -2.36. The SMILES string of the molecule is CC(NC1CCCc2c1[nH]c1ccc(C3=CCCNC3)cc21)c1ccccc1. The molecule has 3 N–H and O–H groups in total. The molecule has 3 nitrogen and oxygen atoms in total. The van der Waals surface area contributed by atoms with E-state index in [-0.39, 0.29) is 0 Å². The molecule has 2 unspecified atom stereocenters. The van der Waals surface area contributed by atoms with Crippen LogP contribution in [0.25, 0.3) is 16.5 Å². The Morgan fingerprint density at radius 1 is 1.11 bits per heavy atom. The predicted octanol–water partition coefficient (Wildman–Crippen LogP) is 5.27. The summed E-state index contributed by atoms with van der Waals surface area (Å²) < 4.78 is 0. The summed E-state index contributed by atoms with van der Waals surface area (Å²) >= 11 is 0. The molecule has 2 atom stereocenters. The van der Waals surface area contributed by atoms with Gasteiger partial charge in [-0.3, -0.25) is 0 Å². The van der Waals surface area contributed by atoms with Crippen LogP contribution in [0.15, 0.2) is 54.6 Å². The number of aromatic nitrogens is 1. The van der Waals surface area contributed by atoms with E-state index >= 15 is 0 Å². The quantitative estimate of drug-likeness (QED) is 0.584. The molecule has 2 heterocycles. The van der Waals surface area contributed by atoms with Crippen LogP contribution in [0.3, 0.4) is 0 Å². The minimum absolute atomic E-state index is 0.345. The van der Waals surface area contributed by atoms with Crippen molar-refractivity contribution in [2.24, 2.45) is 0 Å². The van der Waals surface area contributed by atoms with Gasteiger partial charge in [-0.15, -0.1) is 0 Å². The van der Waals surface area contributed by atoms with Gasteiger partial charge in [0.25, 0.3) is 0 Å². The lowest BCUT2D eigenvalue weighted by atomic mass is 9.90. The van der Waals surface area contributed by atoms with Crippen molar-refractivity contribution < 1.29 is 0 Å². The molecule has 1 aliphatic heterocycles. The van der Waals surface area contributed by atoms with Gasteiger partial charge in [0.15, 0.2) is 0 Å². The highest BCUT2D eigenvalue weighted by atomic mass is 15.0. The highest BCUT2D eigenvalue weighted by Crippen LogP contribution is 2.37. The summed E-state index contributed by atoms with van der Waals surface area (Å²) in [5, 5.41) is 8.79. The van der Waals surface area contributed by atoms with Gasteiger partial charge in [-0.25, -0.2) is 0 Å². The van der Waals surface area contributed by atoms with Crippen LogP contribution in [-0.4, -0.2) is 18.1 Å². The molecule has 0 saturated carbocycles. The van der Waals surface area contributed by atoms with E-state index in [2.05, 4.69) is 77.1 Å². The zero-order valence-corrected chi connectivity index (χ0v) is 16.6. The molecule has 0 amide bonds. The van der Waals surface area contributed by atoms with Crippen LogP contribution < -0.4 is 10.6 Å². The van der Waals surface area contributed by atoms with E-state index in [9.17, 15) is 0 Å².